The summed E-state index contributed by atoms with van der Waals surface area (Å²) in [6.07, 6.45) is -0.0662. The van der Waals surface area contributed by atoms with E-state index in [2.05, 4.69) is 9.62 Å². The molecule has 0 radical (unpaired) electrons. The predicted octanol–water partition coefficient (Wildman–Crippen LogP) is 0.357. The van der Waals surface area contributed by atoms with Gasteiger partial charge in [0.2, 0.25) is 10.0 Å². The van der Waals surface area contributed by atoms with Gasteiger partial charge >= 0.3 is 0 Å². The van der Waals surface area contributed by atoms with Crippen LogP contribution < -0.4 is 4.72 Å². The van der Waals surface area contributed by atoms with Gasteiger partial charge in [-0.3, -0.25) is 0 Å². The maximum Gasteiger partial charge on any atom is 0.250 e. The molecular formula is C10H16N2O3S2. The van der Waals surface area contributed by atoms with Crippen LogP contribution >= 0.6 is 11.3 Å². The molecule has 17 heavy (non-hydrogen) atoms. The van der Waals surface area contributed by atoms with Gasteiger partial charge in [0, 0.05) is 19.6 Å². The second kappa shape index (κ2) is 5.45. The van der Waals surface area contributed by atoms with Crippen molar-refractivity contribution in [1.29, 1.82) is 0 Å². The zero-order valence-electron chi connectivity index (χ0n) is 9.63. The Morgan fingerprint density at radius 3 is 3.12 bits per heavy atom. The molecule has 7 heteroatoms. The molecule has 1 aromatic heterocycles. The monoisotopic (exact) mass is 276 g/mol. The van der Waals surface area contributed by atoms with Crippen molar-refractivity contribution in [3.63, 3.8) is 0 Å². The van der Waals surface area contributed by atoms with E-state index in [0.717, 1.165) is 13.1 Å². The minimum absolute atomic E-state index is 0.0662. The Balaban J connectivity index is 1.89. The topological polar surface area (TPSA) is 58.6 Å². The van der Waals surface area contributed by atoms with Gasteiger partial charge in [-0.1, -0.05) is 6.07 Å². The Bertz CT molecular complexity index is 444. The first-order chi connectivity index (χ1) is 8.08. The number of hydrogen-bond acceptors (Lipinski definition) is 5. The van der Waals surface area contributed by atoms with E-state index in [0.29, 0.717) is 17.4 Å². The fourth-order valence-corrected chi connectivity index (χ4v) is 3.78. The van der Waals surface area contributed by atoms with Gasteiger partial charge in [-0.05, 0) is 18.5 Å². The highest BCUT2D eigenvalue weighted by Crippen LogP contribution is 2.15. The SMILES string of the molecule is CN1CCOC(CNS(=O)(=O)c2cccs2)C1. The summed E-state index contributed by atoms with van der Waals surface area (Å²) in [6.45, 7) is 2.63. The highest BCUT2D eigenvalue weighted by molar-refractivity contribution is 7.91. The second-order valence-corrected chi connectivity index (χ2v) is 6.98. The lowest BCUT2D eigenvalue weighted by Gasteiger charge is -2.29. The van der Waals surface area contributed by atoms with Gasteiger partial charge in [0.1, 0.15) is 4.21 Å². The predicted molar refractivity (Wildman–Crippen MR) is 66.7 cm³/mol. The van der Waals surface area contributed by atoms with E-state index in [4.69, 9.17) is 4.74 Å². The van der Waals surface area contributed by atoms with Crippen molar-refractivity contribution in [2.75, 3.05) is 33.3 Å². The average Bonchev–Trinajstić information content (AvgIpc) is 2.81. The largest absolute Gasteiger partial charge is 0.374 e. The number of nitrogens with zero attached hydrogens (tertiary/aromatic N) is 1. The number of sulfonamides is 1. The van der Waals surface area contributed by atoms with Gasteiger partial charge in [-0.2, -0.15) is 0 Å². The Morgan fingerprint density at radius 2 is 2.47 bits per heavy atom. The van der Waals surface area contributed by atoms with Crippen LogP contribution in [-0.4, -0.2) is 52.7 Å². The number of thiophene rings is 1. The van der Waals surface area contributed by atoms with Gasteiger partial charge in [0.05, 0.1) is 12.7 Å². The summed E-state index contributed by atoms with van der Waals surface area (Å²) in [4.78, 5) is 2.13. The van der Waals surface area contributed by atoms with E-state index in [1.165, 1.54) is 11.3 Å². The van der Waals surface area contributed by atoms with Crippen molar-refractivity contribution in [2.24, 2.45) is 0 Å². The number of likely N-dealkylation sites (N-methyl/N-ethyl adjacent to an activating group) is 1. The van der Waals surface area contributed by atoms with Crippen LogP contribution in [0.3, 0.4) is 0 Å². The summed E-state index contributed by atoms with van der Waals surface area (Å²) in [6, 6.07) is 3.32. The lowest BCUT2D eigenvalue weighted by Crippen LogP contribution is -2.45. The Kier molecular flexibility index (Phi) is 4.16. The van der Waals surface area contributed by atoms with E-state index in [1.807, 2.05) is 7.05 Å². The highest BCUT2D eigenvalue weighted by atomic mass is 32.2. The van der Waals surface area contributed by atoms with Gasteiger partial charge in [0.25, 0.3) is 0 Å². The molecule has 1 aliphatic rings. The summed E-state index contributed by atoms with van der Waals surface area (Å²) in [5, 5.41) is 1.75. The van der Waals surface area contributed by atoms with Crippen molar-refractivity contribution >= 4 is 21.4 Å². The third-order valence-corrected chi connectivity index (χ3v) is 5.42. The van der Waals surface area contributed by atoms with Crippen molar-refractivity contribution in [3.8, 4) is 0 Å². The molecule has 5 nitrogen and oxygen atoms in total. The minimum atomic E-state index is -3.36. The lowest BCUT2D eigenvalue weighted by atomic mass is 10.3. The molecule has 1 saturated heterocycles. The fraction of sp³-hybridized carbons (Fsp3) is 0.600. The lowest BCUT2D eigenvalue weighted by molar-refractivity contribution is -0.0156. The zero-order chi connectivity index (χ0) is 12.3. The Morgan fingerprint density at radius 1 is 1.65 bits per heavy atom. The van der Waals surface area contributed by atoms with E-state index in [9.17, 15) is 8.42 Å². The van der Waals surface area contributed by atoms with Crippen molar-refractivity contribution < 1.29 is 13.2 Å². The van der Waals surface area contributed by atoms with Crippen molar-refractivity contribution in [3.05, 3.63) is 17.5 Å². The number of rotatable bonds is 4. The first kappa shape index (κ1) is 13.0. The van der Waals surface area contributed by atoms with Gasteiger partial charge in [-0.15, -0.1) is 11.3 Å². The van der Waals surface area contributed by atoms with Crippen molar-refractivity contribution in [1.82, 2.24) is 9.62 Å². The van der Waals surface area contributed by atoms with Gasteiger partial charge in [0.15, 0.2) is 0 Å². The van der Waals surface area contributed by atoms with E-state index < -0.39 is 10.0 Å². The number of ether oxygens (including phenoxy) is 1. The first-order valence-electron chi connectivity index (χ1n) is 5.41. The molecule has 1 aliphatic heterocycles. The van der Waals surface area contributed by atoms with Gasteiger partial charge < -0.3 is 9.64 Å². The fourth-order valence-electron chi connectivity index (χ4n) is 1.68. The van der Waals surface area contributed by atoms with E-state index in [-0.39, 0.29) is 6.10 Å². The normalized spacial score (nSPS) is 22.8. The van der Waals surface area contributed by atoms with Crippen LogP contribution in [0.5, 0.6) is 0 Å². The number of morpholine rings is 1. The minimum Gasteiger partial charge on any atom is -0.374 e. The summed E-state index contributed by atoms with van der Waals surface area (Å²) in [5.74, 6) is 0. The first-order valence-corrected chi connectivity index (χ1v) is 7.77. The quantitative estimate of drug-likeness (QED) is 0.862. The molecule has 0 aliphatic carbocycles. The molecule has 1 unspecified atom stereocenters. The molecular weight excluding hydrogens is 260 g/mol. The second-order valence-electron chi connectivity index (χ2n) is 4.04. The smallest absolute Gasteiger partial charge is 0.250 e. The number of nitrogens with one attached hydrogen (secondary N) is 1. The molecule has 0 bridgehead atoms. The maximum absolute atomic E-state index is 11.8. The third kappa shape index (κ3) is 3.49. The van der Waals surface area contributed by atoms with Crippen molar-refractivity contribution in [2.45, 2.75) is 10.3 Å². The molecule has 2 rings (SSSR count). The third-order valence-electron chi connectivity index (χ3n) is 2.60. The molecule has 0 aromatic carbocycles. The molecule has 96 valence electrons. The molecule has 1 fully saturated rings. The van der Waals surface area contributed by atoms with Crippen LogP contribution in [0.2, 0.25) is 0 Å². The molecule has 1 atom stereocenters. The Hall–Kier alpha value is -0.470. The van der Waals surface area contributed by atoms with Crippen LogP contribution in [0.1, 0.15) is 0 Å². The zero-order valence-corrected chi connectivity index (χ0v) is 11.3. The number of hydrogen-bond donors (Lipinski definition) is 1. The molecule has 0 amide bonds. The van der Waals surface area contributed by atoms with E-state index in [1.54, 1.807) is 17.5 Å². The molecule has 0 spiro atoms. The molecule has 1 aromatic rings. The highest BCUT2D eigenvalue weighted by Gasteiger charge is 2.21. The Labute approximate surface area is 105 Å². The summed E-state index contributed by atoms with van der Waals surface area (Å²) >= 11 is 1.22. The van der Waals surface area contributed by atoms with Crippen LogP contribution in [0.25, 0.3) is 0 Å². The standard InChI is InChI=1S/C10H16N2O3S2/c1-12-4-5-15-9(8-12)7-11-17(13,14)10-3-2-6-16-10/h2-3,6,9,11H,4-5,7-8H2,1H3. The summed E-state index contributed by atoms with van der Waals surface area (Å²) in [7, 11) is -1.36. The van der Waals surface area contributed by atoms with Gasteiger partial charge in [-0.25, -0.2) is 13.1 Å². The maximum atomic E-state index is 11.8. The average molecular weight is 276 g/mol. The van der Waals surface area contributed by atoms with E-state index >= 15 is 0 Å². The van der Waals surface area contributed by atoms with Crippen LogP contribution in [0.4, 0.5) is 0 Å². The molecule has 1 N–H and O–H groups in total. The summed E-state index contributed by atoms with van der Waals surface area (Å²) < 4.78 is 32.1. The molecule has 0 saturated carbocycles. The molecule has 2 heterocycles. The van der Waals surface area contributed by atoms with Crippen LogP contribution in [0, 0.1) is 0 Å². The van der Waals surface area contributed by atoms with Crippen LogP contribution in [0.15, 0.2) is 21.7 Å². The summed E-state index contributed by atoms with van der Waals surface area (Å²) in [5.41, 5.74) is 0. The van der Waals surface area contributed by atoms with Crippen LogP contribution in [-0.2, 0) is 14.8 Å².